The van der Waals surface area contributed by atoms with E-state index in [1.165, 1.54) is 276 Å². The average molecular weight is 1040 g/mol. The lowest BCUT2D eigenvalue weighted by Gasteiger charge is -2.18. The summed E-state index contributed by atoms with van der Waals surface area (Å²) in [5, 5.41) is 0. The molecule has 0 radical (unpaired) electrons. The van der Waals surface area contributed by atoms with E-state index in [2.05, 4.69) is 32.9 Å². The molecule has 0 aromatic heterocycles. The lowest BCUT2D eigenvalue weighted by Crippen LogP contribution is -2.30. The summed E-state index contributed by atoms with van der Waals surface area (Å²) in [7, 11) is 0. The molecule has 0 fully saturated rings. The molecule has 6 heteroatoms. The van der Waals surface area contributed by atoms with Crippen LogP contribution in [-0.4, -0.2) is 37.2 Å². The van der Waals surface area contributed by atoms with E-state index in [0.29, 0.717) is 19.3 Å². The molecule has 0 N–H and O–H groups in total. The van der Waals surface area contributed by atoms with Crippen LogP contribution < -0.4 is 0 Å². The monoisotopic (exact) mass is 1040 g/mol. The highest BCUT2D eigenvalue weighted by atomic mass is 16.6. The highest BCUT2D eigenvalue weighted by Gasteiger charge is 2.19. The van der Waals surface area contributed by atoms with E-state index in [4.69, 9.17) is 14.2 Å². The molecule has 0 bridgehead atoms. The molecular formula is C68H130O6. The Labute approximate surface area is 462 Å². The van der Waals surface area contributed by atoms with Gasteiger partial charge in [-0.2, -0.15) is 0 Å². The molecule has 0 saturated heterocycles. The number of allylic oxidation sites excluding steroid dienone is 2. The number of unbranched alkanes of at least 4 members (excludes halogenated alkanes) is 50. The number of ether oxygens (including phenoxy) is 3. The minimum absolute atomic E-state index is 0.0664. The summed E-state index contributed by atoms with van der Waals surface area (Å²) in [6.45, 7) is 6.64. The Morgan fingerprint density at radius 3 is 0.730 bits per heavy atom. The summed E-state index contributed by atoms with van der Waals surface area (Å²) in [5.74, 6) is -0.850. The van der Waals surface area contributed by atoms with E-state index < -0.39 is 6.10 Å². The Balaban J connectivity index is 4.02. The van der Waals surface area contributed by atoms with Gasteiger partial charge in [0, 0.05) is 19.3 Å². The summed E-state index contributed by atoms with van der Waals surface area (Å²) >= 11 is 0. The summed E-state index contributed by atoms with van der Waals surface area (Å²) in [6, 6.07) is 0. The maximum absolute atomic E-state index is 12.9. The fourth-order valence-electron chi connectivity index (χ4n) is 10.5. The Kier molecular flexibility index (Phi) is 62.1. The molecule has 0 rings (SSSR count). The van der Waals surface area contributed by atoms with Gasteiger partial charge in [-0.05, 0) is 38.5 Å². The summed E-state index contributed by atoms with van der Waals surface area (Å²) in [5.41, 5.74) is 0. The lowest BCUT2D eigenvalue weighted by atomic mass is 10.0. The van der Waals surface area contributed by atoms with Crippen molar-refractivity contribution in [3.8, 4) is 0 Å². The summed E-state index contributed by atoms with van der Waals surface area (Å²) in [4.78, 5) is 38.2. The van der Waals surface area contributed by atoms with Crippen LogP contribution in [0.1, 0.15) is 387 Å². The first-order chi connectivity index (χ1) is 36.5. The molecule has 0 heterocycles. The molecule has 0 aromatic carbocycles. The van der Waals surface area contributed by atoms with Gasteiger partial charge in [-0.25, -0.2) is 0 Å². The SMILES string of the molecule is CCC/C=C\CCCCCCCC(=O)OCC(COC(=O)CCCCCCCCCCCCCCCCCCCCCCCCCCCCCCCCC)OC(=O)CCCCCCCCCCCCCCCCC. The van der Waals surface area contributed by atoms with Crippen molar-refractivity contribution in [2.45, 2.75) is 393 Å². The van der Waals surface area contributed by atoms with Crippen molar-refractivity contribution in [2.24, 2.45) is 0 Å². The van der Waals surface area contributed by atoms with Crippen molar-refractivity contribution in [3.63, 3.8) is 0 Å². The van der Waals surface area contributed by atoms with Crippen LogP contribution in [0.3, 0.4) is 0 Å². The molecule has 0 aromatic rings. The molecule has 1 atom stereocenters. The highest BCUT2D eigenvalue weighted by Crippen LogP contribution is 2.19. The number of carbonyl (C=O) groups excluding carboxylic acids is 3. The molecule has 438 valence electrons. The fourth-order valence-corrected chi connectivity index (χ4v) is 10.5. The second-order valence-corrected chi connectivity index (χ2v) is 23.1. The zero-order valence-corrected chi connectivity index (χ0v) is 50.4. The molecule has 0 amide bonds. The number of hydrogen-bond acceptors (Lipinski definition) is 6. The quantitative estimate of drug-likeness (QED) is 0.0261. The van der Waals surface area contributed by atoms with E-state index in [1.807, 2.05) is 0 Å². The van der Waals surface area contributed by atoms with Crippen molar-refractivity contribution in [3.05, 3.63) is 12.2 Å². The van der Waals surface area contributed by atoms with Crippen LogP contribution in [0.5, 0.6) is 0 Å². The minimum atomic E-state index is -0.768. The Morgan fingerprint density at radius 2 is 0.473 bits per heavy atom. The van der Waals surface area contributed by atoms with Gasteiger partial charge in [0.05, 0.1) is 0 Å². The van der Waals surface area contributed by atoms with Crippen molar-refractivity contribution in [1.82, 2.24) is 0 Å². The smallest absolute Gasteiger partial charge is 0.306 e. The fraction of sp³-hybridized carbons (Fsp3) is 0.926. The van der Waals surface area contributed by atoms with E-state index in [9.17, 15) is 14.4 Å². The molecule has 0 spiro atoms. The van der Waals surface area contributed by atoms with Gasteiger partial charge in [0.25, 0.3) is 0 Å². The van der Waals surface area contributed by atoms with E-state index in [1.54, 1.807) is 0 Å². The number of esters is 3. The van der Waals surface area contributed by atoms with Crippen LogP contribution in [0.15, 0.2) is 12.2 Å². The van der Waals surface area contributed by atoms with Gasteiger partial charge >= 0.3 is 17.9 Å². The summed E-state index contributed by atoms with van der Waals surface area (Å²) in [6.07, 6.45) is 75.5. The first-order valence-corrected chi connectivity index (χ1v) is 33.7. The predicted octanol–water partition coefficient (Wildman–Crippen LogP) is 22.8. The topological polar surface area (TPSA) is 78.9 Å². The van der Waals surface area contributed by atoms with Crippen molar-refractivity contribution < 1.29 is 28.6 Å². The number of rotatable bonds is 63. The molecule has 0 saturated carbocycles. The average Bonchev–Trinajstić information content (AvgIpc) is 3.40. The molecule has 74 heavy (non-hydrogen) atoms. The zero-order valence-electron chi connectivity index (χ0n) is 50.4. The second-order valence-electron chi connectivity index (χ2n) is 23.1. The third kappa shape index (κ3) is 61.0. The van der Waals surface area contributed by atoms with Crippen LogP contribution >= 0.6 is 0 Å². The van der Waals surface area contributed by atoms with Crippen molar-refractivity contribution in [1.29, 1.82) is 0 Å². The van der Waals surface area contributed by atoms with Crippen molar-refractivity contribution >= 4 is 17.9 Å². The molecule has 0 aliphatic heterocycles. The normalized spacial score (nSPS) is 12.0. The lowest BCUT2D eigenvalue weighted by molar-refractivity contribution is -0.167. The van der Waals surface area contributed by atoms with E-state index in [0.717, 1.165) is 70.6 Å². The Bertz CT molecular complexity index is 1150. The molecule has 6 nitrogen and oxygen atoms in total. The first-order valence-electron chi connectivity index (χ1n) is 33.7. The van der Waals surface area contributed by atoms with Gasteiger partial charge in [-0.1, -0.05) is 341 Å². The molecule has 0 aliphatic rings. The third-order valence-corrected chi connectivity index (χ3v) is 15.5. The van der Waals surface area contributed by atoms with Crippen LogP contribution in [0, 0.1) is 0 Å². The molecule has 0 aliphatic carbocycles. The zero-order chi connectivity index (χ0) is 53.6. The van der Waals surface area contributed by atoms with Gasteiger partial charge in [0.15, 0.2) is 6.10 Å². The second kappa shape index (κ2) is 63.7. The Hall–Kier alpha value is -1.85. The minimum Gasteiger partial charge on any atom is -0.462 e. The largest absolute Gasteiger partial charge is 0.462 e. The maximum Gasteiger partial charge on any atom is 0.306 e. The van der Waals surface area contributed by atoms with Gasteiger partial charge < -0.3 is 14.2 Å². The summed E-state index contributed by atoms with van der Waals surface area (Å²) < 4.78 is 16.9. The standard InChI is InChI=1S/C68H130O6/c1-4-7-10-13-16-19-22-24-26-27-28-29-30-31-32-33-34-35-36-37-38-39-40-41-43-44-46-49-52-55-58-61-67(70)73-64-65(63-72-66(69)60-57-54-51-48-21-18-15-12-9-6-3)74-68(71)62-59-56-53-50-47-45-42-25-23-20-17-14-11-8-5-2/h12,15,65H,4-11,13-14,16-64H2,1-3H3/b15-12-. The number of hydrogen-bond donors (Lipinski definition) is 0. The van der Waals surface area contributed by atoms with Gasteiger partial charge in [0.1, 0.15) is 13.2 Å². The Morgan fingerprint density at radius 1 is 0.257 bits per heavy atom. The van der Waals surface area contributed by atoms with Crippen LogP contribution in [0.2, 0.25) is 0 Å². The first kappa shape index (κ1) is 72.2. The van der Waals surface area contributed by atoms with Gasteiger partial charge in [0.2, 0.25) is 0 Å². The van der Waals surface area contributed by atoms with Gasteiger partial charge in [-0.15, -0.1) is 0 Å². The van der Waals surface area contributed by atoms with Crippen LogP contribution in [0.25, 0.3) is 0 Å². The third-order valence-electron chi connectivity index (χ3n) is 15.5. The molecule has 1 unspecified atom stereocenters. The predicted molar refractivity (Wildman–Crippen MR) is 321 cm³/mol. The van der Waals surface area contributed by atoms with E-state index in [-0.39, 0.29) is 31.1 Å². The van der Waals surface area contributed by atoms with Crippen molar-refractivity contribution in [2.75, 3.05) is 13.2 Å². The highest BCUT2D eigenvalue weighted by molar-refractivity contribution is 5.71. The number of carbonyl (C=O) groups is 3. The van der Waals surface area contributed by atoms with Crippen LogP contribution in [-0.2, 0) is 28.6 Å². The molecular weight excluding hydrogens is 913 g/mol. The van der Waals surface area contributed by atoms with Gasteiger partial charge in [-0.3, -0.25) is 14.4 Å². The maximum atomic E-state index is 12.9. The van der Waals surface area contributed by atoms with E-state index >= 15 is 0 Å². The van der Waals surface area contributed by atoms with Crippen LogP contribution in [0.4, 0.5) is 0 Å².